The minimum atomic E-state index is -1.96. The number of amides is 2. The van der Waals surface area contributed by atoms with E-state index < -0.39 is 29.9 Å². The molecule has 1 heterocycles. The Bertz CT molecular complexity index is 324. The Balaban J connectivity index is 3.12. The highest BCUT2D eigenvalue weighted by molar-refractivity contribution is 6.02. The van der Waals surface area contributed by atoms with Gasteiger partial charge in [0.25, 0.3) is 0 Å². The van der Waals surface area contributed by atoms with Crippen molar-refractivity contribution in [2.75, 3.05) is 0 Å². The van der Waals surface area contributed by atoms with E-state index in [4.69, 9.17) is 12.8 Å². The van der Waals surface area contributed by atoms with Crippen LogP contribution >= 0.6 is 0 Å². The van der Waals surface area contributed by atoms with Crippen LogP contribution in [0, 0.1) is 0 Å². The number of aldehydes is 1. The first-order valence-electron chi connectivity index (χ1n) is 5.66. The zero-order chi connectivity index (χ0) is 13.2. The number of imide groups is 1. The van der Waals surface area contributed by atoms with Gasteiger partial charge in [-0.15, -0.1) is 0 Å². The van der Waals surface area contributed by atoms with Crippen LogP contribution in [-0.4, -0.2) is 41.1 Å². The van der Waals surface area contributed by atoms with E-state index in [2.05, 4.69) is 0 Å². The van der Waals surface area contributed by atoms with Crippen LogP contribution < -0.4 is 11.5 Å². The van der Waals surface area contributed by atoms with Crippen molar-refractivity contribution in [2.45, 2.75) is 44.3 Å². The Labute approximate surface area is 95.3 Å². The summed E-state index contributed by atoms with van der Waals surface area (Å²) >= 11 is 0. The van der Waals surface area contributed by atoms with Gasteiger partial charge in [-0.25, -0.2) is 0 Å². The van der Waals surface area contributed by atoms with Gasteiger partial charge in [0.1, 0.15) is 6.29 Å². The van der Waals surface area contributed by atoms with Crippen LogP contribution in [0.15, 0.2) is 0 Å². The van der Waals surface area contributed by atoms with Crippen LogP contribution in [0.5, 0.6) is 0 Å². The van der Waals surface area contributed by atoms with E-state index in [0.29, 0.717) is 24.2 Å². The summed E-state index contributed by atoms with van der Waals surface area (Å²) in [5, 5.41) is 0. The largest absolute Gasteiger partial charge is 0.320 e. The molecule has 16 heavy (non-hydrogen) atoms. The maximum Gasteiger partial charge on any atom is 0.246 e. The lowest BCUT2D eigenvalue weighted by molar-refractivity contribution is -0.151. The molecule has 6 heteroatoms. The first-order chi connectivity index (χ1) is 7.81. The van der Waals surface area contributed by atoms with Crippen molar-refractivity contribution in [3.63, 3.8) is 0 Å². The van der Waals surface area contributed by atoms with Crippen molar-refractivity contribution in [1.29, 1.82) is 0 Å². The Morgan fingerprint density at radius 3 is 2.19 bits per heavy atom. The highest BCUT2D eigenvalue weighted by Gasteiger charge is 2.35. The first-order valence-corrected chi connectivity index (χ1v) is 5.16. The van der Waals surface area contributed by atoms with Crippen LogP contribution in [0.25, 0.3) is 0 Å². The van der Waals surface area contributed by atoms with E-state index in [9.17, 15) is 14.4 Å². The molecule has 0 aromatic carbocycles. The van der Waals surface area contributed by atoms with E-state index >= 15 is 0 Å². The summed E-state index contributed by atoms with van der Waals surface area (Å²) in [6, 6.07) is -3.69. The quantitative estimate of drug-likeness (QED) is 0.454. The second-order valence-corrected chi connectivity index (χ2v) is 3.92. The third-order valence-corrected chi connectivity index (χ3v) is 2.63. The van der Waals surface area contributed by atoms with Gasteiger partial charge >= 0.3 is 0 Å². The second-order valence-electron chi connectivity index (χ2n) is 3.92. The normalized spacial score (nSPS) is 32.4. The Morgan fingerprint density at radius 2 is 1.81 bits per heavy atom. The van der Waals surface area contributed by atoms with Gasteiger partial charge in [-0.3, -0.25) is 14.5 Å². The third kappa shape index (κ3) is 2.45. The second kappa shape index (κ2) is 5.18. The standard InChI is InChI=1S/C10H17N3O3/c1-6(5-14)13-9(15)7(11)3-2-4-8(12)10(13)16/h5-8H,2-4,11-12H2,1H3/t6-,7-,8+/m1/s1/i6D. The van der Waals surface area contributed by atoms with Crippen molar-refractivity contribution >= 4 is 18.1 Å². The third-order valence-electron chi connectivity index (χ3n) is 2.63. The number of nitrogens with zero attached hydrogens (tertiary/aromatic N) is 1. The molecule has 4 N–H and O–H groups in total. The van der Waals surface area contributed by atoms with Gasteiger partial charge in [0.05, 0.1) is 19.5 Å². The maximum atomic E-state index is 11.9. The molecule has 1 aliphatic heterocycles. The fraction of sp³-hybridized carbons (Fsp3) is 0.700. The average Bonchev–Trinajstić information content (AvgIpc) is 2.27. The topological polar surface area (TPSA) is 106 Å². The number of carbonyl (C=O) groups excluding carboxylic acids is 3. The van der Waals surface area contributed by atoms with Gasteiger partial charge in [0, 0.05) is 0 Å². The van der Waals surface area contributed by atoms with Gasteiger partial charge in [-0.1, -0.05) is 0 Å². The zero-order valence-electron chi connectivity index (χ0n) is 10.2. The summed E-state index contributed by atoms with van der Waals surface area (Å²) in [6.45, 7) is 1.16. The molecule has 3 atom stereocenters. The van der Waals surface area contributed by atoms with Crippen molar-refractivity contribution < 1.29 is 15.8 Å². The number of nitrogens with two attached hydrogens (primary N) is 2. The van der Waals surface area contributed by atoms with Crippen molar-refractivity contribution in [2.24, 2.45) is 11.5 Å². The van der Waals surface area contributed by atoms with Crippen LogP contribution in [0.3, 0.4) is 0 Å². The molecule has 0 aromatic rings. The number of hydrogen-bond acceptors (Lipinski definition) is 5. The summed E-state index contributed by atoms with van der Waals surface area (Å²) in [5.41, 5.74) is 11.2. The highest BCUT2D eigenvalue weighted by Crippen LogP contribution is 2.13. The minimum Gasteiger partial charge on any atom is -0.320 e. The summed E-state index contributed by atoms with van der Waals surface area (Å²) in [4.78, 5) is 35.2. The van der Waals surface area contributed by atoms with Crippen molar-refractivity contribution in [1.82, 2.24) is 4.90 Å². The molecule has 0 unspecified atom stereocenters. The molecule has 6 nitrogen and oxygen atoms in total. The molecule has 1 rings (SSSR count). The molecule has 1 saturated heterocycles. The molecule has 0 saturated carbocycles. The summed E-state index contributed by atoms with van der Waals surface area (Å²) in [6.07, 6.45) is 1.59. The van der Waals surface area contributed by atoms with Crippen LogP contribution in [0.1, 0.15) is 27.6 Å². The molecule has 1 aliphatic rings. The van der Waals surface area contributed by atoms with E-state index in [-0.39, 0.29) is 6.29 Å². The summed E-state index contributed by atoms with van der Waals surface area (Å²) in [5.74, 6) is -1.43. The SMILES string of the molecule is [2H][C@@](C)(C=O)N1C(=O)[C@H](N)CCC[C@H](N)C1=O. The predicted octanol–water partition coefficient (Wildman–Crippen LogP) is -1.23. The van der Waals surface area contributed by atoms with Gasteiger partial charge < -0.3 is 16.3 Å². The molecule has 90 valence electrons. The summed E-state index contributed by atoms with van der Waals surface area (Å²) in [7, 11) is 0. The van der Waals surface area contributed by atoms with Gasteiger partial charge in [0.2, 0.25) is 11.8 Å². The van der Waals surface area contributed by atoms with E-state index in [1.807, 2.05) is 0 Å². The number of carbonyl (C=O) groups is 3. The molecule has 0 radical (unpaired) electrons. The Morgan fingerprint density at radius 1 is 1.38 bits per heavy atom. The van der Waals surface area contributed by atoms with Crippen LogP contribution in [0.2, 0.25) is 0 Å². The Hall–Kier alpha value is -1.27. The van der Waals surface area contributed by atoms with Crippen molar-refractivity contribution in [3.05, 3.63) is 0 Å². The highest BCUT2D eigenvalue weighted by atomic mass is 16.2. The fourth-order valence-electron chi connectivity index (χ4n) is 1.65. The monoisotopic (exact) mass is 228 g/mol. The van der Waals surface area contributed by atoms with Gasteiger partial charge in [0.15, 0.2) is 0 Å². The van der Waals surface area contributed by atoms with Gasteiger partial charge in [-0.2, -0.15) is 0 Å². The number of rotatable bonds is 2. The van der Waals surface area contributed by atoms with E-state index in [0.717, 1.165) is 6.92 Å². The zero-order valence-corrected chi connectivity index (χ0v) is 9.18. The summed E-state index contributed by atoms with van der Waals surface area (Å²) < 4.78 is 7.68. The number of likely N-dealkylation sites (tertiary alicyclic amines) is 1. The molecule has 0 spiro atoms. The molecule has 0 aliphatic carbocycles. The molecule has 2 amide bonds. The van der Waals surface area contributed by atoms with E-state index in [1.165, 1.54) is 0 Å². The lowest BCUT2D eigenvalue weighted by atomic mass is 10.00. The molecular weight excluding hydrogens is 210 g/mol. The lowest BCUT2D eigenvalue weighted by Gasteiger charge is -2.31. The average molecular weight is 228 g/mol. The maximum absolute atomic E-state index is 11.9. The van der Waals surface area contributed by atoms with E-state index in [1.54, 1.807) is 0 Å². The van der Waals surface area contributed by atoms with Crippen LogP contribution in [-0.2, 0) is 14.4 Å². The molecule has 1 fully saturated rings. The number of hydrogen-bond donors (Lipinski definition) is 2. The predicted molar refractivity (Wildman–Crippen MR) is 57.2 cm³/mol. The molecule has 0 bridgehead atoms. The smallest absolute Gasteiger partial charge is 0.246 e. The van der Waals surface area contributed by atoms with Gasteiger partial charge in [-0.05, 0) is 26.2 Å². The minimum absolute atomic E-state index is 0.226. The molecular formula is C10H17N3O3. The van der Waals surface area contributed by atoms with Crippen LogP contribution in [0.4, 0.5) is 0 Å². The fourth-order valence-corrected chi connectivity index (χ4v) is 1.65. The lowest BCUT2D eigenvalue weighted by Crippen LogP contribution is -2.57. The first kappa shape index (κ1) is 11.2. The molecule has 0 aromatic heterocycles. The van der Waals surface area contributed by atoms with Crippen molar-refractivity contribution in [3.8, 4) is 0 Å². The Kier molecular flexibility index (Phi) is 3.63.